The van der Waals surface area contributed by atoms with Crippen LogP contribution in [0.5, 0.6) is 5.75 Å². The highest BCUT2D eigenvalue weighted by atomic mass is 16.3. The molecule has 0 aliphatic heterocycles. The zero-order valence-corrected chi connectivity index (χ0v) is 25.0. The lowest BCUT2D eigenvalue weighted by molar-refractivity contribution is -0.150. The number of phenolic OH excluding ortho intramolecular Hbond substituents is 1. The summed E-state index contributed by atoms with van der Waals surface area (Å²) in [6.45, 7) is 8.84. The van der Waals surface area contributed by atoms with Crippen LogP contribution >= 0.6 is 0 Å². The topological polar surface area (TPSA) is 78.4 Å². The molecule has 0 bridgehead atoms. The number of hydrogen-bond acceptors (Lipinski definition) is 4. The molecule has 0 heterocycles. The third kappa shape index (κ3) is 3.86. The van der Waals surface area contributed by atoms with Gasteiger partial charge < -0.3 is 10.4 Å². The van der Waals surface area contributed by atoms with Crippen molar-refractivity contribution in [3.8, 4) is 5.75 Å². The van der Waals surface area contributed by atoms with E-state index >= 15 is 0 Å². The summed E-state index contributed by atoms with van der Waals surface area (Å²) in [6.07, 6.45) is 9.36. The summed E-state index contributed by atoms with van der Waals surface area (Å²) < 4.78 is 0. The molecule has 40 heavy (non-hydrogen) atoms. The zero-order chi connectivity index (χ0) is 28.5. The fraction of sp³-hybridized carbons (Fsp3) is 0.600. The van der Waals surface area contributed by atoms with Gasteiger partial charge in [-0.25, -0.2) is 0 Å². The van der Waals surface area contributed by atoms with E-state index in [2.05, 4.69) is 56.5 Å². The van der Waals surface area contributed by atoms with Gasteiger partial charge in [0.15, 0.2) is 0 Å². The minimum Gasteiger partial charge on any atom is -0.508 e. The Morgan fingerprint density at radius 1 is 0.750 bits per heavy atom. The van der Waals surface area contributed by atoms with Crippen molar-refractivity contribution in [2.75, 3.05) is 12.4 Å². The lowest BCUT2D eigenvalue weighted by Crippen LogP contribution is -2.60. The largest absolute Gasteiger partial charge is 0.508 e. The zero-order valence-electron chi connectivity index (χ0n) is 25.0. The van der Waals surface area contributed by atoms with Crippen molar-refractivity contribution in [2.45, 2.75) is 103 Å². The highest BCUT2D eigenvalue weighted by Crippen LogP contribution is 2.59. The van der Waals surface area contributed by atoms with E-state index in [0.717, 1.165) is 69.9 Å². The molecule has 4 aliphatic carbocycles. The van der Waals surface area contributed by atoms with Gasteiger partial charge in [-0.05, 0) is 121 Å². The molecule has 214 valence electrons. The van der Waals surface area contributed by atoms with Gasteiger partial charge in [-0.15, -0.1) is 0 Å². The predicted molar refractivity (Wildman–Crippen MR) is 159 cm³/mol. The van der Waals surface area contributed by atoms with Crippen molar-refractivity contribution in [2.24, 2.45) is 22.7 Å². The van der Waals surface area contributed by atoms with Crippen LogP contribution in [0.25, 0.3) is 0 Å². The molecule has 2 aromatic carbocycles. The van der Waals surface area contributed by atoms with Crippen LogP contribution in [0.4, 0.5) is 5.69 Å². The highest BCUT2D eigenvalue weighted by molar-refractivity contribution is 6.00. The van der Waals surface area contributed by atoms with E-state index in [1.54, 1.807) is 6.07 Å². The fourth-order valence-corrected chi connectivity index (χ4v) is 10.00. The second-order valence-electron chi connectivity index (χ2n) is 14.3. The van der Waals surface area contributed by atoms with Crippen molar-refractivity contribution in [1.29, 1.82) is 0 Å². The second kappa shape index (κ2) is 9.36. The number of fused-ring (bicyclic) bond motifs is 6. The van der Waals surface area contributed by atoms with Crippen molar-refractivity contribution in [3.63, 3.8) is 0 Å². The molecule has 2 amide bonds. The Bertz CT molecular complexity index is 1370. The average Bonchev–Trinajstić information content (AvgIpc) is 2.93. The number of amides is 2. The van der Waals surface area contributed by atoms with Crippen LogP contribution in [0.2, 0.25) is 0 Å². The maximum Gasteiger partial charge on any atom is 0.232 e. The lowest BCUT2D eigenvalue weighted by atomic mass is 9.49. The van der Waals surface area contributed by atoms with Crippen molar-refractivity contribution < 1.29 is 14.7 Å². The molecule has 0 spiro atoms. The molecule has 0 radical (unpaired) electrons. The number of aromatic hydroxyl groups is 1. The molecule has 6 rings (SSSR count). The van der Waals surface area contributed by atoms with E-state index in [1.165, 1.54) is 22.3 Å². The summed E-state index contributed by atoms with van der Waals surface area (Å²) in [4.78, 5) is 28.5. The molecule has 3 N–H and O–H groups in total. The summed E-state index contributed by atoms with van der Waals surface area (Å²) in [5.41, 5.74) is 4.87. The summed E-state index contributed by atoms with van der Waals surface area (Å²) in [6, 6.07) is 12.4. The van der Waals surface area contributed by atoms with E-state index in [9.17, 15) is 14.7 Å². The molecular weight excluding hydrogens is 496 g/mol. The number of carbonyl (C=O) groups excluding carboxylic acids is 2. The van der Waals surface area contributed by atoms with Crippen molar-refractivity contribution in [3.05, 3.63) is 58.7 Å². The first kappa shape index (κ1) is 27.4. The van der Waals surface area contributed by atoms with Crippen LogP contribution in [0, 0.1) is 22.7 Å². The van der Waals surface area contributed by atoms with Crippen LogP contribution in [0.15, 0.2) is 36.4 Å². The van der Waals surface area contributed by atoms with Gasteiger partial charge in [-0.3, -0.25) is 14.9 Å². The molecule has 5 nitrogen and oxygen atoms in total. The third-order valence-electron chi connectivity index (χ3n) is 12.3. The second-order valence-corrected chi connectivity index (χ2v) is 14.3. The third-order valence-corrected chi connectivity index (χ3v) is 12.3. The molecular formula is C35H46N2O3. The van der Waals surface area contributed by atoms with Crippen molar-refractivity contribution >= 4 is 17.5 Å². The quantitative estimate of drug-likeness (QED) is 0.373. The van der Waals surface area contributed by atoms with E-state index in [0.29, 0.717) is 0 Å². The number of nitrogens with one attached hydrogen (secondary N) is 2. The average molecular weight is 543 g/mol. The normalized spacial score (nSPS) is 36.3. The summed E-state index contributed by atoms with van der Waals surface area (Å²) in [7, 11) is 1.96. The van der Waals surface area contributed by atoms with E-state index in [-0.39, 0.29) is 40.2 Å². The molecule has 0 aromatic heterocycles. The predicted octanol–water partition coefficient (Wildman–Crippen LogP) is 6.80. The first-order chi connectivity index (χ1) is 19.0. The van der Waals surface area contributed by atoms with Crippen LogP contribution in [-0.2, 0) is 33.3 Å². The van der Waals surface area contributed by atoms with Gasteiger partial charge in [-0.1, -0.05) is 52.7 Å². The molecule has 0 unspecified atom stereocenters. The Labute approximate surface area is 239 Å². The number of hydrogen-bond donors (Lipinski definition) is 3. The molecule has 2 aromatic rings. The van der Waals surface area contributed by atoms with Crippen LogP contribution in [0.3, 0.4) is 0 Å². The van der Waals surface area contributed by atoms with Gasteiger partial charge in [0.1, 0.15) is 5.75 Å². The smallest absolute Gasteiger partial charge is 0.232 e. The molecule has 5 heteroatoms. The Kier molecular flexibility index (Phi) is 6.40. The minimum absolute atomic E-state index is 0.0796. The fourth-order valence-electron chi connectivity index (χ4n) is 10.00. The Hall–Kier alpha value is -2.82. The number of rotatable bonds is 3. The molecule has 2 saturated carbocycles. The Balaban J connectivity index is 1.28. The minimum atomic E-state index is -0.624. The van der Waals surface area contributed by atoms with E-state index in [4.69, 9.17) is 0 Å². The highest BCUT2D eigenvalue weighted by Gasteiger charge is 2.58. The van der Waals surface area contributed by atoms with E-state index in [1.807, 2.05) is 19.2 Å². The lowest BCUT2D eigenvalue weighted by Gasteiger charge is -2.56. The summed E-state index contributed by atoms with van der Waals surface area (Å²) in [5, 5.41) is 16.6. The Morgan fingerprint density at radius 2 is 1.25 bits per heavy atom. The maximum absolute atomic E-state index is 14.3. The first-order valence-electron chi connectivity index (χ1n) is 15.5. The standard InChI is InChI=1S/C35H46N2O3/c1-32-16-6-18-34(3,28(32)14-10-22-8-12-24(36-5)20-26(22)32)30(39)37-31(40)35(4)19-7-17-33(2)27-21-25(38)13-9-23(27)11-15-29(33)35/h8-9,12-13,20-21,28-29,36,38H,6-7,10-11,14-19H2,1-5H3,(H,37,39,40)/t28-,29-,32-,33-,34+,35+/m1/s1. The van der Waals surface area contributed by atoms with E-state index < -0.39 is 10.8 Å². The summed E-state index contributed by atoms with van der Waals surface area (Å²) in [5.74, 6) is 0.428. The van der Waals surface area contributed by atoms with Gasteiger partial charge in [0.25, 0.3) is 0 Å². The Morgan fingerprint density at radius 3 is 1.77 bits per heavy atom. The number of aryl methyl sites for hydroxylation is 2. The van der Waals surface area contributed by atoms with Gasteiger partial charge >= 0.3 is 0 Å². The van der Waals surface area contributed by atoms with Crippen LogP contribution in [-0.4, -0.2) is 24.0 Å². The van der Waals surface area contributed by atoms with Gasteiger partial charge in [0, 0.05) is 12.7 Å². The molecule has 0 saturated heterocycles. The molecule has 6 atom stereocenters. The number of carbonyl (C=O) groups is 2. The SMILES string of the molecule is CNc1ccc2c(c1)[C@@]1(C)CCC[C@](C)(C(=O)NC(=O)[C@@]3(C)CCC[C@]4(C)c5cc(O)ccc5CC[C@@H]34)[C@@H]1CC2. The molecule has 4 aliphatic rings. The van der Waals surface area contributed by atoms with Crippen molar-refractivity contribution in [1.82, 2.24) is 5.32 Å². The van der Waals surface area contributed by atoms with Gasteiger partial charge in [0.2, 0.25) is 11.8 Å². The molecule has 2 fully saturated rings. The number of benzene rings is 2. The number of phenols is 1. The van der Waals surface area contributed by atoms with Gasteiger partial charge in [0.05, 0.1) is 10.8 Å². The number of anilines is 1. The van der Waals surface area contributed by atoms with Gasteiger partial charge in [-0.2, -0.15) is 0 Å². The summed E-state index contributed by atoms with van der Waals surface area (Å²) >= 11 is 0. The van der Waals surface area contributed by atoms with Crippen LogP contribution in [0.1, 0.15) is 101 Å². The maximum atomic E-state index is 14.3. The van der Waals surface area contributed by atoms with Crippen LogP contribution < -0.4 is 10.6 Å². The first-order valence-corrected chi connectivity index (χ1v) is 15.5. The monoisotopic (exact) mass is 542 g/mol. The number of imide groups is 1.